The van der Waals surface area contributed by atoms with E-state index in [1.165, 1.54) is 0 Å². The van der Waals surface area contributed by atoms with Gasteiger partial charge in [-0.2, -0.15) is 0 Å². The molecule has 0 radical (unpaired) electrons. The number of carbonyl (C=O) groups excluding carboxylic acids is 1. The zero-order valence-electron chi connectivity index (χ0n) is 13.0. The van der Waals surface area contributed by atoms with Gasteiger partial charge in [0.1, 0.15) is 54.9 Å². The van der Waals surface area contributed by atoms with Gasteiger partial charge in [0.25, 0.3) is 0 Å². The lowest BCUT2D eigenvalue weighted by Crippen LogP contribution is -2.61. The van der Waals surface area contributed by atoms with E-state index in [0.29, 0.717) is 0 Å². The van der Waals surface area contributed by atoms with E-state index >= 15 is 0 Å². The van der Waals surface area contributed by atoms with Crippen molar-refractivity contribution >= 4 is 6.29 Å². The van der Waals surface area contributed by atoms with E-state index in [4.69, 9.17) is 19.7 Å². The van der Waals surface area contributed by atoms with Crippen LogP contribution in [0.4, 0.5) is 0 Å². The van der Waals surface area contributed by atoms with E-state index in [1.54, 1.807) is 0 Å². The molecule has 0 spiro atoms. The van der Waals surface area contributed by atoms with Crippen LogP contribution in [-0.2, 0) is 14.3 Å². The van der Waals surface area contributed by atoms with Gasteiger partial charge in [-0.05, 0) is 0 Å². The Morgan fingerprint density at radius 3 is 2.00 bits per heavy atom. The second-order valence-corrected chi connectivity index (χ2v) is 5.66. The molecule has 0 aliphatic carbocycles. The third kappa shape index (κ3) is 5.12. The Kier molecular flexibility index (Phi) is 8.73. The molecular formula is C13H24O12. The van der Waals surface area contributed by atoms with Crippen molar-refractivity contribution in [3.05, 3.63) is 0 Å². The smallest absolute Gasteiger partial charge is 0.187 e. The molecule has 1 fully saturated rings. The number of aldehydes is 1. The molecule has 12 heteroatoms. The molecule has 0 aromatic carbocycles. The predicted octanol–water partition coefficient (Wildman–Crippen LogP) is -6.19. The van der Waals surface area contributed by atoms with Gasteiger partial charge in [0.05, 0.1) is 13.2 Å². The topological polar surface area (TPSA) is 218 Å². The molecule has 0 bridgehead atoms. The lowest BCUT2D eigenvalue weighted by molar-refractivity contribution is -0.315. The third-order valence-electron chi connectivity index (χ3n) is 3.89. The molecule has 1 aliphatic rings. The summed E-state index contributed by atoms with van der Waals surface area (Å²) in [5, 5.41) is 85.2. The number of carbonyl (C=O) groups is 1. The Morgan fingerprint density at radius 2 is 1.52 bits per heavy atom. The second kappa shape index (κ2) is 9.80. The lowest BCUT2D eigenvalue weighted by atomic mass is 9.98. The summed E-state index contributed by atoms with van der Waals surface area (Å²) >= 11 is 0. The maximum Gasteiger partial charge on any atom is 0.187 e. The fourth-order valence-electron chi connectivity index (χ4n) is 2.26. The van der Waals surface area contributed by atoms with E-state index < -0.39 is 74.4 Å². The van der Waals surface area contributed by atoms with Crippen LogP contribution < -0.4 is 0 Å². The maximum absolute atomic E-state index is 11.1. The summed E-state index contributed by atoms with van der Waals surface area (Å²) in [5.74, 6) is 0. The summed E-state index contributed by atoms with van der Waals surface area (Å²) < 4.78 is 9.95. The largest absolute Gasteiger partial charge is 0.394 e. The van der Waals surface area contributed by atoms with Crippen LogP contribution in [0.25, 0.3) is 0 Å². The van der Waals surface area contributed by atoms with Crippen LogP contribution in [0.1, 0.15) is 0 Å². The van der Waals surface area contributed by atoms with Gasteiger partial charge in [0.15, 0.2) is 12.6 Å². The third-order valence-corrected chi connectivity index (χ3v) is 3.89. The van der Waals surface area contributed by atoms with Crippen molar-refractivity contribution in [3.63, 3.8) is 0 Å². The molecule has 1 saturated heterocycles. The van der Waals surface area contributed by atoms with Gasteiger partial charge in [0.2, 0.25) is 0 Å². The van der Waals surface area contributed by atoms with Gasteiger partial charge in [-0.1, -0.05) is 0 Å². The predicted molar refractivity (Wildman–Crippen MR) is 75.8 cm³/mol. The Labute approximate surface area is 142 Å². The molecule has 1 aliphatic heterocycles. The van der Waals surface area contributed by atoms with Crippen molar-refractivity contribution in [1.29, 1.82) is 0 Å². The molecule has 9 N–H and O–H groups in total. The van der Waals surface area contributed by atoms with Crippen LogP contribution in [0.5, 0.6) is 0 Å². The standard InChI is InChI=1S/C13H24O12/c14-1-4(17)7(18)10(21)8(19)5(2-15)24-13-12(23)11(22)9(20)6(3-16)25-13/h2,4-14,16-23H,1,3H2/t4-,5-,6+,7+,8+,9+,10+,11-,12+,13-/m0/s1. The average molecular weight is 372 g/mol. The quantitative estimate of drug-likeness (QED) is 0.173. The normalized spacial score (nSPS) is 36.3. The summed E-state index contributed by atoms with van der Waals surface area (Å²) in [6, 6.07) is 0. The zero-order chi connectivity index (χ0) is 19.3. The van der Waals surface area contributed by atoms with E-state index in [1.807, 2.05) is 0 Å². The van der Waals surface area contributed by atoms with Crippen LogP contribution >= 0.6 is 0 Å². The monoisotopic (exact) mass is 372 g/mol. The van der Waals surface area contributed by atoms with Crippen LogP contribution in [0.15, 0.2) is 0 Å². The minimum Gasteiger partial charge on any atom is -0.394 e. The fourth-order valence-corrected chi connectivity index (χ4v) is 2.26. The Balaban J connectivity index is 2.81. The fraction of sp³-hybridized carbons (Fsp3) is 0.923. The summed E-state index contributed by atoms with van der Waals surface area (Å²) in [4.78, 5) is 11.1. The minimum atomic E-state index is -2.11. The van der Waals surface area contributed by atoms with Gasteiger partial charge in [-0.15, -0.1) is 0 Å². The van der Waals surface area contributed by atoms with Gasteiger partial charge in [0, 0.05) is 0 Å². The number of rotatable bonds is 9. The van der Waals surface area contributed by atoms with Crippen molar-refractivity contribution in [2.75, 3.05) is 13.2 Å². The van der Waals surface area contributed by atoms with Crippen LogP contribution in [0.3, 0.4) is 0 Å². The zero-order valence-corrected chi connectivity index (χ0v) is 13.0. The van der Waals surface area contributed by atoms with Crippen LogP contribution in [-0.4, -0.2) is 127 Å². The SMILES string of the molecule is O=C[C@H](O[C@H]1O[C@H](CO)[C@@H](O)[C@H](O)[C@H]1O)[C@@H](O)[C@H](O)[C@H](O)[C@@H](O)CO. The van der Waals surface area contributed by atoms with E-state index in [9.17, 15) is 40.5 Å². The molecule has 0 aromatic rings. The van der Waals surface area contributed by atoms with Crippen LogP contribution in [0, 0.1) is 0 Å². The molecule has 1 rings (SSSR count). The Hall–Kier alpha value is -0.770. The van der Waals surface area contributed by atoms with Crippen molar-refractivity contribution in [2.24, 2.45) is 0 Å². The molecule has 0 aromatic heterocycles. The van der Waals surface area contributed by atoms with E-state index in [2.05, 4.69) is 0 Å². The molecule has 148 valence electrons. The average Bonchev–Trinajstić information content (AvgIpc) is 2.63. The summed E-state index contributed by atoms with van der Waals surface area (Å²) in [6.07, 6.45) is -18.3. The molecule has 10 atom stereocenters. The van der Waals surface area contributed by atoms with Crippen molar-refractivity contribution in [3.8, 4) is 0 Å². The second-order valence-electron chi connectivity index (χ2n) is 5.66. The van der Waals surface area contributed by atoms with Crippen molar-refractivity contribution < 1.29 is 60.2 Å². The minimum absolute atomic E-state index is 0.00732. The first-order chi connectivity index (χ1) is 11.7. The Bertz CT molecular complexity index is 406. The molecule has 1 heterocycles. The highest BCUT2D eigenvalue weighted by molar-refractivity contribution is 5.57. The first-order valence-corrected chi connectivity index (χ1v) is 7.43. The Morgan fingerprint density at radius 1 is 0.920 bits per heavy atom. The molecule has 12 nitrogen and oxygen atoms in total. The first kappa shape index (κ1) is 22.3. The summed E-state index contributed by atoms with van der Waals surface area (Å²) in [5.41, 5.74) is 0. The molecule has 0 saturated carbocycles. The van der Waals surface area contributed by atoms with Crippen molar-refractivity contribution in [1.82, 2.24) is 0 Å². The highest BCUT2D eigenvalue weighted by atomic mass is 16.7. The molecule has 0 amide bonds. The van der Waals surface area contributed by atoms with Gasteiger partial charge < -0.3 is 60.2 Å². The number of aliphatic hydroxyl groups is 9. The maximum atomic E-state index is 11.1. The van der Waals surface area contributed by atoms with Gasteiger partial charge in [-0.25, -0.2) is 0 Å². The number of hydrogen-bond acceptors (Lipinski definition) is 12. The number of aliphatic hydroxyl groups excluding tert-OH is 9. The molecular weight excluding hydrogens is 348 g/mol. The molecule has 25 heavy (non-hydrogen) atoms. The van der Waals surface area contributed by atoms with Crippen molar-refractivity contribution in [2.45, 2.75) is 61.2 Å². The number of hydrogen-bond donors (Lipinski definition) is 9. The van der Waals surface area contributed by atoms with Gasteiger partial charge >= 0.3 is 0 Å². The summed E-state index contributed by atoms with van der Waals surface area (Å²) in [7, 11) is 0. The van der Waals surface area contributed by atoms with E-state index in [0.717, 1.165) is 0 Å². The number of ether oxygens (including phenoxy) is 2. The highest BCUT2D eigenvalue weighted by Crippen LogP contribution is 2.24. The molecule has 0 unspecified atom stereocenters. The summed E-state index contributed by atoms with van der Waals surface area (Å²) in [6.45, 7) is -1.67. The van der Waals surface area contributed by atoms with Gasteiger partial charge in [-0.3, -0.25) is 0 Å². The van der Waals surface area contributed by atoms with E-state index in [-0.39, 0.29) is 6.29 Å². The van der Waals surface area contributed by atoms with Crippen LogP contribution in [0.2, 0.25) is 0 Å². The first-order valence-electron chi connectivity index (χ1n) is 7.43. The highest BCUT2D eigenvalue weighted by Gasteiger charge is 2.46. The lowest BCUT2D eigenvalue weighted by Gasteiger charge is -2.41.